The van der Waals surface area contributed by atoms with Crippen LogP contribution < -0.4 is 20.1 Å². The van der Waals surface area contributed by atoms with Crippen LogP contribution in [-0.2, 0) is 6.18 Å². The molecular weight excluding hydrogens is 503 g/mol. The van der Waals surface area contributed by atoms with E-state index in [2.05, 4.69) is 15.7 Å². The fourth-order valence-electron chi connectivity index (χ4n) is 3.40. The Bertz CT molecular complexity index is 1230. The number of hydrogen-bond acceptors (Lipinski definition) is 6. The summed E-state index contributed by atoms with van der Waals surface area (Å²) in [6, 6.07) is 13.0. The van der Waals surface area contributed by atoms with Crippen molar-refractivity contribution in [3.63, 3.8) is 0 Å². The first kappa shape index (κ1) is 28.5. The highest BCUT2D eigenvalue weighted by Gasteiger charge is 2.39. The second-order valence-electron chi connectivity index (χ2n) is 8.42. The maximum atomic E-state index is 13.7. The number of nitrogens with zero attached hydrogens (tertiary/aromatic N) is 3. The summed E-state index contributed by atoms with van der Waals surface area (Å²) in [5, 5.41) is 8.67. The molecule has 0 aliphatic carbocycles. The number of carbonyl (C=O) groups excluding carboxylic acids is 2. The van der Waals surface area contributed by atoms with Crippen LogP contribution in [0.2, 0.25) is 0 Å². The number of amides is 2. The number of para-hydroxylation sites is 2. The molecule has 0 spiro atoms. The van der Waals surface area contributed by atoms with Gasteiger partial charge in [-0.1, -0.05) is 12.1 Å². The third kappa shape index (κ3) is 7.72. The van der Waals surface area contributed by atoms with Gasteiger partial charge in [0.15, 0.2) is 5.69 Å². The molecule has 2 N–H and O–H groups in total. The van der Waals surface area contributed by atoms with Gasteiger partial charge in [-0.25, -0.2) is 4.68 Å². The highest BCUT2D eigenvalue weighted by Crippen LogP contribution is 2.32. The van der Waals surface area contributed by atoms with Crippen molar-refractivity contribution in [3.05, 3.63) is 71.5 Å². The minimum Gasteiger partial charge on any atom is -0.494 e. The predicted octanol–water partition coefficient (Wildman–Crippen LogP) is 3.39. The summed E-state index contributed by atoms with van der Waals surface area (Å²) in [5.41, 5.74) is -1.32. The van der Waals surface area contributed by atoms with E-state index in [1.807, 2.05) is 25.9 Å². The fraction of sp³-hybridized carbons (Fsp3) is 0.346. The lowest BCUT2D eigenvalue weighted by Gasteiger charge is -2.14. The zero-order valence-corrected chi connectivity index (χ0v) is 21.3. The lowest BCUT2D eigenvalue weighted by molar-refractivity contribution is -0.141. The van der Waals surface area contributed by atoms with Crippen molar-refractivity contribution in [2.24, 2.45) is 0 Å². The summed E-state index contributed by atoms with van der Waals surface area (Å²) in [5.74, 6) is -0.406. The van der Waals surface area contributed by atoms with E-state index in [0.717, 1.165) is 10.9 Å². The SMILES string of the molecule is CCOc1ccc(C(=O)NCCNC(=O)c2cn(-c3ccccc3OCCN(C)C)nc2C(F)(F)F)cc1. The van der Waals surface area contributed by atoms with Crippen LogP contribution in [0.3, 0.4) is 0 Å². The number of likely N-dealkylation sites (N-methyl/N-ethyl adjacent to an activating group) is 1. The van der Waals surface area contributed by atoms with E-state index in [4.69, 9.17) is 9.47 Å². The average Bonchev–Trinajstić information content (AvgIpc) is 3.33. The van der Waals surface area contributed by atoms with Crippen molar-refractivity contribution < 1.29 is 32.2 Å². The van der Waals surface area contributed by atoms with E-state index in [0.29, 0.717) is 36.8 Å². The number of benzene rings is 2. The van der Waals surface area contributed by atoms with Gasteiger partial charge in [0.25, 0.3) is 11.8 Å². The van der Waals surface area contributed by atoms with Gasteiger partial charge in [0.2, 0.25) is 0 Å². The highest BCUT2D eigenvalue weighted by molar-refractivity contribution is 5.96. The zero-order chi connectivity index (χ0) is 27.7. The summed E-state index contributed by atoms with van der Waals surface area (Å²) in [6.07, 6.45) is -3.84. The molecule has 0 aliphatic rings. The monoisotopic (exact) mass is 533 g/mol. The summed E-state index contributed by atoms with van der Waals surface area (Å²) in [6.45, 7) is 3.18. The minimum atomic E-state index is -4.86. The van der Waals surface area contributed by atoms with Crippen LogP contribution in [0.4, 0.5) is 13.2 Å². The third-order valence-electron chi connectivity index (χ3n) is 5.26. The van der Waals surface area contributed by atoms with Gasteiger partial charge in [-0.05, 0) is 57.4 Å². The molecule has 12 heteroatoms. The maximum Gasteiger partial charge on any atom is 0.435 e. The molecule has 0 unspecified atom stereocenters. The Morgan fingerprint density at radius 2 is 1.63 bits per heavy atom. The first-order chi connectivity index (χ1) is 18.1. The molecule has 0 saturated carbocycles. The number of rotatable bonds is 12. The topological polar surface area (TPSA) is 97.7 Å². The second kappa shape index (κ2) is 13.0. The minimum absolute atomic E-state index is 0.00974. The van der Waals surface area contributed by atoms with Crippen molar-refractivity contribution in [1.29, 1.82) is 0 Å². The van der Waals surface area contributed by atoms with Gasteiger partial charge in [-0.15, -0.1) is 0 Å². The molecule has 3 aromatic rings. The van der Waals surface area contributed by atoms with Crippen LogP contribution in [0.1, 0.15) is 33.3 Å². The van der Waals surface area contributed by atoms with Crippen LogP contribution in [0.5, 0.6) is 11.5 Å². The molecule has 3 rings (SSSR count). The maximum absolute atomic E-state index is 13.7. The van der Waals surface area contributed by atoms with Gasteiger partial charge in [-0.3, -0.25) is 9.59 Å². The fourth-order valence-corrected chi connectivity index (χ4v) is 3.40. The Morgan fingerprint density at radius 3 is 2.26 bits per heavy atom. The Hall–Kier alpha value is -4.06. The number of ether oxygens (including phenoxy) is 2. The Balaban J connectivity index is 1.66. The molecule has 0 saturated heterocycles. The number of aromatic nitrogens is 2. The molecule has 1 heterocycles. The normalized spacial score (nSPS) is 11.3. The Labute approximate surface area is 218 Å². The number of nitrogens with one attached hydrogen (secondary N) is 2. The lowest BCUT2D eigenvalue weighted by atomic mass is 10.2. The van der Waals surface area contributed by atoms with E-state index >= 15 is 0 Å². The molecule has 9 nitrogen and oxygen atoms in total. The molecular formula is C26H30F3N5O4. The lowest BCUT2D eigenvalue weighted by Crippen LogP contribution is -2.35. The highest BCUT2D eigenvalue weighted by atomic mass is 19.4. The number of alkyl halides is 3. The van der Waals surface area contributed by atoms with Crippen molar-refractivity contribution in [2.75, 3.05) is 46.9 Å². The molecule has 1 aromatic heterocycles. The smallest absolute Gasteiger partial charge is 0.435 e. The molecule has 0 aliphatic heterocycles. The van der Waals surface area contributed by atoms with Gasteiger partial charge in [0.05, 0.1) is 12.2 Å². The van der Waals surface area contributed by atoms with E-state index in [1.165, 1.54) is 0 Å². The predicted molar refractivity (Wildman–Crippen MR) is 135 cm³/mol. The summed E-state index contributed by atoms with van der Waals surface area (Å²) in [7, 11) is 3.74. The van der Waals surface area contributed by atoms with E-state index in [9.17, 15) is 22.8 Å². The van der Waals surface area contributed by atoms with Gasteiger partial charge >= 0.3 is 6.18 Å². The van der Waals surface area contributed by atoms with E-state index in [-0.39, 0.29) is 18.8 Å². The molecule has 2 amide bonds. The third-order valence-corrected chi connectivity index (χ3v) is 5.26. The first-order valence-corrected chi connectivity index (χ1v) is 11.9. The zero-order valence-electron chi connectivity index (χ0n) is 21.3. The number of halogens is 3. The van der Waals surface area contributed by atoms with Gasteiger partial charge in [0, 0.05) is 31.4 Å². The quantitative estimate of drug-likeness (QED) is 0.347. The average molecular weight is 534 g/mol. The Morgan fingerprint density at radius 1 is 0.974 bits per heavy atom. The molecule has 2 aromatic carbocycles. The molecule has 0 fully saturated rings. The molecule has 38 heavy (non-hydrogen) atoms. The molecule has 0 atom stereocenters. The van der Waals surface area contributed by atoms with E-state index in [1.54, 1.807) is 48.5 Å². The van der Waals surface area contributed by atoms with Crippen molar-refractivity contribution in [2.45, 2.75) is 13.1 Å². The van der Waals surface area contributed by atoms with Crippen molar-refractivity contribution in [3.8, 4) is 17.2 Å². The van der Waals surface area contributed by atoms with Crippen LogP contribution in [0.15, 0.2) is 54.7 Å². The standard InChI is InChI=1S/C26H30F3N5O4/c1-4-37-19-11-9-18(10-12-19)24(35)30-13-14-31-25(36)20-17-34(32-23(20)26(27,28)29)21-7-5-6-8-22(21)38-16-15-33(2)3/h5-12,17H,4,13-16H2,1-3H3,(H,30,35)(H,31,36). The van der Waals surface area contributed by atoms with Gasteiger partial charge in [-0.2, -0.15) is 18.3 Å². The van der Waals surface area contributed by atoms with Crippen molar-refractivity contribution in [1.82, 2.24) is 25.3 Å². The van der Waals surface area contributed by atoms with Crippen LogP contribution in [-0.4, -0.2) is 73.4 Å². The first-order valence-electron chi connectivity index (χ1n) is 11.9. The van der Waals surface area contributed by atoms with Crippen molar-refractivity contribution >= 4 is 11.8 Å². The summed E-state index contributed by atoms with van der Waals surface area (Å²) >= 11 is 0. The van der Waals surface area contributed by atoms with E-state index < -0.39 is 29.2 Å². The number of carbonyl (C=O) groups is 2. The van der Waals surface area contributed by atoms with Crippen LogP contribution in [0, 0.1) is 0 Å². The summed E-state index contributed by atoms with van der Waals surface area (Å²) in [4.78, 5) is 26.9. The van der Waals surface area contributed by atoms with Crippen LogP contribution >= 0.6 is 0 Å². The van der Waals surface area contributed by atoms with Gasteiger partial charge < -0.3 is 25.0 Å². The Kier molecular flexibility index (Phi) is 9.72. The number of hydrogen-bond donors (Lipinski definition) is 2. The molecule has 204 valence electrons. The molecule has 0 bridgehead atoms. The second-order valence-corrected chi connectivity index (χ2v) is 8.42. The van der Waals surface area contributed by atoms with Crippen LogP contribution in [0.25, 0.3) is 5.69 Å². The van der Waals surface area contributed by atoms with Gasteiger partial charge in [0.1, 0.15) is 23.8 Å². The molecule has 0 radical (unpaired) electrons. The largest absolute Gasteiger partial charge is 0.494 e. The summed E-state index contributed by atoms with van der Waals surface area (Å²) < 4.78 is 53.2.